The lowest BCUT2D eigenvalue weighted by Crippen LogP contribution is -2.56. The number of hydrogen-bond donors (Lipinski definition) is 3. The summed E-state index contributed by atoms with van der Waals surface area (Å²) < 4.78 is 33.3. The van der Waals surface area contributed by atoms with Crippen molar-refractivity contribution in [3.63, 3.8) is 0 Å². The van der Waals surface area contributed by atoms with Crippen molar-refractivity contribution in [1.29, 1.82) is 0 Å². The molecule has 4 rings (SSSR count). The van der Waals surface area contributed by atoms with Crippen LogP contribution in [0.2, 0.25) is 0 Å². The summed E-state index contributed by atoms with van der Waals surface area (Å²) in [4.78, 5) is 33.9. The number of nitrogens with zero attached hydrogens (tertiary/aromatic N) is 3. The van der Waals surface area contributed by atoms with Crippen LogP contribution in [0.5, 0.6) is 0 Å². The maximum absolute atomic E-state index is 14.5. The summed E-state index contributed by atoms with van der Waals surface area (Å²) in [7, 11) is 0. The van der Waals surface area contributed by atoms with Gasteiger partial charge in [0.2, 0.25) is 0 Å². The molecule has 0 radical (unpaired) electrons. The van der Waals surface area contributed by atoms with E-state index in [0.29, 0.717) is 23.4 Å². The highest BCUT2D eigenvalue weighted by atomic mass is 19.1. The number of pyridine rings is 1. The van der Waals surface area contributed by atoms with Crippen LogP contribution in [-0.2, 0) is 14.2 Å². The average Bonchev–Trinajstić information content (AvgIpc) is 3.23. The highest BCUT2D eigenvalue weighted by Crippen LogP contribution is 2.33. The number of nitrogens with two attached hydrogens (primary N) is 1. The Labute approximate surface area is 231 Å². The average molecular weight is 555 g/mol. The molecule has 40 heavy (non-hydrogen) atoms. The molecule has 0 unspecified atom stereocenters. The molecule has 2 amide bonds. The molecule has 0 spiro atoms. The second kappa shape index (κ2) is 11.2. The summed E-state index contributed by atoms with van der Waals surface area (Å²) in [6.45, 7) is 11.5. The number of carbonyl (C=O) groups is 2. The predicted molar refractivity (Wildman–Crippen MR) is 149 cm³/mol. The summed E-state index contributed by atoms with van der Waals surface area (Å²) in [6.07, 6.45) is 3.42. The molecule has 1 aromatic carbocycles. The van der Waals surface area contributed by atoms with Gasteiger partial charge in [0.25, 0.3) is 5.91 Å². The minimum atomic E-state index is -0.813. The number of benzene rings is 1. The van der Waals surface area contributed by atoms with Crippen LogP contribution in [0.3, 0.4) is 0 Å². The van der Waals surface area contributed by atoms with Gasteiger partial charge >= 0.3 is 6.09 Å². The molecule has 0 aliphatic carbocycles. The number of hydrogen-bond acceptors (Lipinski definition) is 8. The second-order valence-corrected chi connectivity index (χ2v) is 10.9. The first kappa shape index (κ1) is 29.0. The zero-order valence-corrected chi connectivity index (χ0v) is 23.5. The molecule has 3 aromatic rings. The molecular weight excluding hydrogens is 519 g/mol. The van der Waals surface area contributed by atoms with Crippen molar-refractivity contribution < 1.29 is 28.2 Å². The van der Waals surface area contributed by atoms with Crippen LogP contribution in [0.4, 0.5) is 20.6 Å². The number of anilines is 2. The number of alkyl carbamates (subject to hydrolysis) is 1. The van der Waals surface area contributed by atoms with Gasteiger partial charge in [0.05, 0.1) is 41.4 Å². The van der Waals surface area contributed by atoms with Gasteiger partial charge < -0.3 is 35.0 Å². The summed E-state index contributed by atoms with van der Waals surface area (Å²) >= 11 is 0. The number of rotatable bonds is 6. The number of ether oxygens (including phenoxy) is 3. The number of amides is 2. The van der Waals surface area contributed by atoms with Gasteiger partial charge in [0.15, 0.2) is 17.8 Å². The third-order valence-corrected chi connectivity index (χ3v) is 6.02. The third kappa shape index (κ3) is 6.57. The second-order valence-electron chi connectivity index (χ2n) is 10.9. The minimum absolute atomic E-state index is 0.144. The standard InChI is InChI=1S/C28H35FN6O5/c1-7-31-11-20-18(25-38-14-28(6,15-39-25)34-26(37)40-27(3,4)5)8-9-19(22(20)30)24(36)33-17-10-21(29)23-32-16(2)12-35(23)13-17/h8-13,25H,7,14-15,30H2,1-6H3,(H,33,36)(H,34,37). The van der Waals surface area contributed by atoms with E-state index in [0.717, 1.165) is 0 Å². The van der Waals surface area contributed by atoms with Crippen molar-refractivity contribution in [3.8, 4) is 0 Å². The summed E-state index contributed by atoms with van der Waals surface area (Å²) in [6, 6.07) is 4.44. The third-order valence-electron chi connectivity index (χ3n) is 6.02. The maximum atomic E-state index is 14.5. The highest BCUT2D eigenvalue weighted by Gasteiger charge is 2.37. The Morgan fingerprint density at radius 3 is 2.65 bits per heavy atom. The molecule has 1 saturated heterocycles. The predicted octanol–water partition coefficient (Wildman–Crippen LogP) is 4.38. The van der Waals surface area contributed by atoms with Gasteiger partial charge in [-0.15, -0.1) is 0 Å². The van der Waals surface area contributed by atoms with Crippen LogP contribution in [0, 0.1) is 12.7 Å². The number of imidazole rings is 1. The van der Waals surface area contributed by atoms with Crippen molar-refractivity contribution in [2.24, 2.45) is 4.99 Å². The van der Waals surface area contributed by atoms with Crippen LogP contribution in [0.1, 0.15) is 68.1 Å². The first-order valence-electron chi connectivity index (χ1n) is 12.9. The molecule has 214 valence electrons. The van der Waals surface area contributed by atoms with Crippen LogP contribution in [-0.4, -0.2) is 58.5 Å². The van der Waals surface area contributed by atoms with E-state index in [1.165, 1.54) is 10.5 Å². The molecule has 0 atom stereocenters. The van der Waals surface area contributed by atoms with Crippen molar-refractivity contribution in [2.45, 2.75) is 59.0 Å². The van der Waals surface area contributed by atoms with Crippen LogP contribution >= 0.6 is 0 Å². The SMILES string of the molecule is CCN=Cc1c(C2OCC(C)(NC(=O)OC(C)(C)C)CO2)ccc(C(=O)Nc2cc(F)c3nc(C)cn3c2)c1N. The van der Waals surface area contributed by atoms with Crippen LogP contribution < -0.4 is 16.4 Å². The maximum Gasteiger partial charge on any atom is 0.408 e. The molecule has 11 nitrogen and oxygen atoms in total. The fourth-order valence-electron chi connectivity index (χ4n) is 4.24. The number of aryl methyl sites for hydroxylation is 1. The summed E-state index contributed by atoms with van der Waals surface area (Å²) in [5.74, 6) is -1.09. The van der Waals surface area contributed by atoms with E-state index in [4.69, 9.17) is 19.9 Å². The molecule has 0 bridgehead atoms. The first-order valence-corrected chi connectivity index (χ1v) is 12.9. The van der Waals surface area contributed by atoms with Gasteiger partial charge in [-0.2, -0.15) is 0 Å². The number of nitrogen functional groups attached to an aromatic ring is 1. The summed E-state index contributed by atoms with van der Waals surface area (Å²) in [5.41, 5.74) is 7.46. The largest absolute Gasteiger partial charge is 0.444 e. The normalized spacial score (nSPS) is 19.6. The molecule has 1 fully saturated rings. The van der Waals surface area contributed by atoms with Crippen molar-refractivity contribution in [2.75, 3.05) is 30.8 Å². The Morgan fingerprint density at radius 2 is 2.00 bits per heavy atom. The van der Waals surface area contributed by atoms with E-state index in [1.807, 2.05) is 6.92 Å². The van der Waals surface area contributed by atoms with Crippen LogP contribution in [0.15, 0.2) is 35.6 Å². The molecular formula is C28H35FN6O5. The van der Waals surface area contributed by atoms with Gasteiger partial charge in [0.1, 0.15) is 5.60 Å². The lowest BCUT2D eigenvalue weighted by molar-refractivity contribution is -0.213. The monoisotopic (exact) mass is 554 g/mol. The Morgan fingerprint density at radius 1 is 1.30 bits per heavy atom. The molecule has 1 aliphatic rings. The van der Waals surface area contributed by atoms with E-state index >= 15 is 0 Å². The van der Waals surface area contributed by atoms with Gasteiger partial charge in [-0.05, 0) is 47.6 Å². The Balaban J connectivity index is 1.54. The number of nitrogens with one attached hydrogen (secondary N) is 2. The molecule has 0 saturated carbocycles. The Kier molecular flexibility index (Phi) is 8.13. The molecule has 1 aliphatic heterocycles. The van der Waals surface area contributed by atoms with E-state index in [1.54, 1.807) is 65.4 Å². The van der Waals surface area contributed by atoms with E-state index in [2.05, 4.69) is 20.6 Å². The Hall–Kier alpha value is -4.03. The van der Waals surface area contributed by atoms with E-state index in [9.17, 15) is 14.0 Å². The Bertz CT molecular complexity index is 1450. The molecule has 3 heterocycles. The fraction of sp³-hybridized carbons (Fsp3) is 0.429. The van der Waals surface area contributed by atoms with E-state index < -0.39 is 35.2 Å². The smallest absolute Gasteiger partial charge is 0.408 e. The zero-order chi connectivity index (χ0) is 29.2. The lowest BCUT2D eigenvalue weighted by Gasteiger charge is -2.38. The highest BCUT2D eigenvalue weighted by molar-refractivity contribution is 6.10. The quantitative estimate of drug-likeness (QED) is 0.303. The van der Waals surface area contributed by atoms with Crippen molar-refractivity contribution in [3.05, 3.63) is 58.8 Å². The van der Waals surface area contributed by atoms with Crippen molar-refractivity contribution in [1.82, 2.24) is 14.7 Å². The number of carbonyl (C=O) groups excluding carboxylic acids is 2. The molecule has 4 N–H and O–H groups in total. The molecule has 2 aromatic heterocycles. The number of fused-ring (bicyclic) bond motifs is 1. The summed E-state index contributed by atoms with van der Waals surface area (Å²) in [5, 5.41) is 5.50. The fourth-order valence-corrected chi connectivity index (χ4v) is 4.24. The first-order chi connectivity index (χ1) is 18.8. The number of aromatic nitrogens is 2. The number of halogens is 1. The zero-order valence-electron chi connectivity index (χ0n) is 23.5. The molecule has 12 heteroatoms. The number of aliphatic imine (C=N–C) groups is 1. The van der Waals surface area contributed by atoms with Gasteiger partial charge in [-0.3, -0.25) is 9.79 Å². The van der Waals surface area contributed by atoms with Gasteiger partial charge in [-0.25, -0.2) is 14.2 Å². The van der Waals surface area contributed by atoms with Crippen LogP contribution in [0.25, 0.3) is 5.65 Å². The minimum Gasteiger partial charge on any atom is -0.444 e. The van der Waals surface area contributed by atoms with E-state index in [-0.39, 0.29) is 35.8 Å². The van der Waals surface area contributed by atoms with Gasteiger partial charge in [0, 0.05) is 42.3 Å². The lowest BCUT2D eigenvalue weighted by atomic mass is 9.99. The van der Waals surface area contributed by atoms with Crippen molar-refractivity contribution >= 4 is 35.2 Å². The topological polar surface area (TPSA) is 142 Å². The van der Waals surface area contributed by atoms with Gasteiger partial charge in [-0.1, -0.05) is 6.07 Å².